The first kappa shape index (κ1) is 12.2. The van der Waals surface area contributed by atoms with Crippen molar-refractivity contribution in [2.24, 2.45) is 0 Å². The largest absolute Gasteiger partial charge is 0.463 e. The van der Waals surface area contributed by atoms with E-state index < -0.39 is 23.8 Å². The maximum absolute atomic E-state index is 12.6. The van der Waals surface area contributed by atoms with Crippen LogP contribution in [0.2, 0.25) is 0 Å². The number of fused-ring (bicyclic) bond motifs is 1. The molecule has 0 bridgehead atoms. The molecule has 0 unspecified atom stereocenters. The highest BCUT2D eigenvalue weighted by atomic mass is 79.9. The predicted octanol–water partition coefficient (Wildman–Crippen LogP) is 2.58. The fraction of sp³-hybridized carbons (Fsp3) is 0.333. The molecular weight excluding hydrogens is 305 g/mol. The van der Waals surface area contributed by atoms with Crippen LogP contribution < -0.4 is 10.1 Å². The minimum absolute atomic E-state index is 0.0306. The van der Waals surface area contributed by atoms with Crippen LogP contribution in [0.1, 0.15) is 12.5 Å². The maximum atomic E-state index is 12.6. The number of anilines is 1. The van der Waals surface area contributed by atoms with Gasteiger partial charge in [-0.2, -0.15) is 13.2 Å². The van der Waals surface area contributed by atoms with Gasteiger partial charge in [0, 0.05) is 0 Å². The molecule has 1 aromatic rings. The van der Waals surface area contributed by atoms with Gasteiger partial charge in [0.2, 0.25) is 5.88 Å². The highest BCUT2D eigenvalue weighted by molar-refractivity contribution is 9.10. The van der Waals surface area contributed by atoms with Crippen LogP contribution in [-0.4, -0.2) is 17.0 Å². The zero-order valence-electron chi connectivity index (χ0n) is 8.43. The van der Waals surface area contributed by atoms with E-state index in [1.807, 2.05) is 0 Å². The molecule has 1 amide bonds. The van der Waals surface area contributed by atoms with Crippen LogP contribution in [0.4, 0.5) is 18.9 Å². The lowest BCUT2D eigenvalue weighted by atomic mass is 10.2. The van der Waals surface area contributed by atoms with Crippen LogP contribution >= 0.6 is 15.9 Å². The number of carbonyl (C=O) groups is 1. The Hall–Kier alpha value is -1.31. The van der Waals surface area contributed by atoms with Gasteiger partial charge in [0.05, 0.1) is 5.56 Å². The fourth-order valence-corrected chi connectivity index (χ4v) is 1.81. The summed E-state index contributed by atoms with van der Waals surface area (Å²) < 4.78 is 42.4. The highest BCUT2D eigenvalue weighted by Crippen LogP contribution is 2.39. The van der Waals surface area contributed by atoms with Crippen molar-refractivity contribution in [3.8, 4) is 5.88 Å². The Labute approximate surface area is 102 Å². The Morgan fingerprint density at radius 1 is 1.53 bits per heavy atom. The second-order valence-corrected chi connectivity index (χ2v) is 4.18. The molecule has 0 aromatic carbocycles. The number of aromatic nitrogens is 1. The van der Waals surface area contributed by atoms with E-state index in [0.717, 1.165) is 6.07 Å². The number of ether oxygens (including phenoxy) is 1. The summed E-state index contributed by atoms with van der Waals surface area (Å²) in [5.74, 6) is -0.535. The third-order valence-electron chi connectivity index (χ3n) is 2.16. The van der Waals surface area contributed by atoms with Crippen molar-refractivity contribution < 1.29 is 22.7 Å². The Kier molecular flexibility index (Phi) is 2.76. The monoisotopic (exact) mass is 310 g/mol. The smallest absolute Gasteiger partial charge is 0.419 e. The fourth-order valence-electron chi connectivity index (χ4n) is 1.31. The SMILES string of the molecule is C[C@H]1Oc2nc(Br)c(C(F)(F)F)cc2NC1=O. The van der Waals surface area contributed by atoms with Gasteiger partial charge in [-0.15, -0.1) is 0 Å². The van der Waals surface area contributed by atoms with E-state index in [-0.39, 0.29) is 16.2 Å². The van der Waals surface area contributed by atoms with Crippen molar-refractivity contribution in [1.82, 2.24) is 4.98 Å². The number of nitrogens with zero attached hydrogens (tertiary/aromatic N) is 1. The molecule has 4 nitrogen and oxygen atoms in total. The summed E-state index contributed by atoms with van der Waals surface area (Å²) in [6.45, 7) is 1.48. The van der Waals surface area contributed by atoms with Gasteiger partial charge in [-0.3, -0.25) is 4.79 Å². The molecule has 0 saturated heterocycles. The van der Waals surface area contributed by atoms with Gasteiger partial charge < -0.3 is 10.1 Å². The third kappa shape index (κ3) is 2.21. The Balaban J connectivity index is 2.51. The van der Waals surface area contributed by atoms with Gasteiger partial charge in [-0.05, 0) is 28.9 Å². The molecule has 92 valence electrons. The minimum Gasteiger partial charge on any atom is -0.463 e. The van der Waals surface area contributed by atoms with E-state index in [2.05, 4.69) is 26.2 Å². The molecule has 0 saturated carbocycles. The lowest BCUT2D eigenvalue weighted by Crippen LogP contribution is -2.35. The normalized spacial score (nSPS) is 19.4. The van der Waals surface area contributed by atoms with E-state index in [9.17, 15) is 18.0 Å². The molecule has 1 aromatic heterocycles. The summed E-state index contributed by atoms with van der Waals surface area (Å²) in [6, 6.07) is 0.788. The summed E-state index contributed by atoms with van der Waals surface area (Å²) in [7, 11) is 0. The van der Waals surface area contributed by atoms with Gasteiger partial charge in [0.1, 0.15) is 10.3 Å². The number of carbonyl (C=O) groups excluding carboxylic acids is 1. The number of amides is 1. The Morgan fingerprint density at radius 3 is 2.76 bits per heavy atom. The Morgan fingerprint density at radius 2 is 2.18 bits per heavy atom. The summed E-state index contributed by atoms with van der Waals surface area (Å²) in [5, 5.41) is 2.30. The number of hydrogen-bond donors (Lipinski definition) is 1. The number of rotatable bonds is 0. The molecule has 1 N–H and O–H groups in total. The lowest BCUT2D eigenvalue weighted by Gasteiger charge is -2.23. The first-order chi connectivity index (χ1) is 7.79. The average Bonchev–Trinajstić information content (AvgIpc) is 2.18. The Bertz CT molecular complexity index is 490. The molecule has 1 aliphatic rings. The number of pyridine rings is 1. The molecule has 0 spiro atoms. The van der Waals surface area contributed by atoms with Crippen LogP contribution in [-0.2, 0) is 11.0 Å². The van der Waals surface area contributed by atoms with Crippen LogP contribution in [0.3, 0.4) is 0 Å². The zero-order chi connectivity index (χ0) is 12.8. The first-order valence-corrected chi connectivity index (χ1v) is 5.33. The maximum Gasteiger partial charge on any atom is 0.419 e. The molecule has 8 heteroatoms. The molecule has 17 heavy (non-hydrogen) atoms. The topological polar surface area (TPSA) is 51.2 Å². The second-order valence-electron chi connectivity index (χ2n) is 3.43. The molecule has 0 radical (unpaired) electrons. The van der Waals surface area contributed by atoms with Crippen molar-refractivity contribution in [3.63, 3.8) is 0 Å². The van der Waals surface area contributed by atoms with Gasteiger partial charge in [-0.1, -0.05) is 0 Å². The third-order valence-corrected chi connectivity index (χ3v) is 2.77. The predicted molar refractivity (Wildman–Crippen MR) is 55.7 cm³/mol. The second kappa shape index (κ2) is 3.86. The van der Waals surface area contributed by atoms with Gasteiger partial charge in [-0.25, -0.2) is 4.98 Å². The zero-order valence-corrected chi connectivity index (χ0v) is 10.0. The number of alkyl halides is 3. The van der Waals surface area contributed by atoms with E-state index in [4.69, 9.17) is 4.74 Å². The van der Waals surface area contributed by atoms with Crippen molar-refractivity contribution >= 4 is 27.5 Å². The molecule has 0 fully saturated rings. The molecular formula is C9H6BrF3N2O2. The minimum atomic E-state index is -4.55. The number of halogens is 4. The first-order valence-electron chi connectivity index (χ1n) is 4.54. The molecule has 1 atom stereocenters. The summed E-state index contributed by atoms with van der Waals surface area (Å²) in [6.07, 6.45) is -5.33. The van der Waals surface area contributed by atoms with Crippen LogP contribution in [0, 0.1) is 0 Å². The van der Waals surface area contributed by atoms with Crippen molar-refractivity contribution in [2.75, 3.05) is 5.32 Å². The van der Waals surface area contributed by atoms with Crippen molar-refractivity contribution in [1.29, 1.82) is 0 Å². The average molecular weight is 311 g/mol. The summed E-state index contributed by atoms with van der Waals surface area (Å²) in [5.41, 5.74) is -1.04. The molecule has 2 rings (SSSR count). The van der Waals surface area contributed by atoms with E-state index in [1.165, 1.54) is 6.92 Å². The van der Waals surface area contributed by atoms with Gasteiger partial charge >= 0.3 is 6.18 Å². The lowest BCUT2D eigenvalue weighted by molar-refractivity contribution is -0.138. The summed E-state index contributed by atoms with van der Waals surface area (Å²) in [4.78, 5) is 14.9. The quantitative estimate of drug-likeness (QED) is 0.749. The van der Waals surface area contributed by atoms with Crippen molar-refractivity contribution in [3.05, 3.63) is 16.2 Å². The van der Waals surface area contributed by atoms with Gasteiger partial charge in [0.25, 0.3) is 5.91 Å². The summed E-state index contributed by atoms with van der Waals surface area (Å²) >= 11 is 2.72. The highest BCUT2D eigenvalue weighted by Gasteiger charge is 2.36. The molecule has 0 aliphatic carbocycles. The van der Waals surface area contributed by atoms with Crippen LogP contribution in [0.25, 0.3) is 0 Å². The van der Waals surface area contributed by atoms with Gasteiger partial charge in [0.15, 0.2) is 6.10 Å². The van der Waals surface area contributed by atoms with Crippen LogP contribution in [0.5, 0.6) is 5.88 Å². The molecule has 1 aliphatic heterocycles. The number of hydrogen-bond acceptors (Lipinski definition) is 3. The van der Waals surface area contributed by atoms with Crippen LogP contribution in [0.15, 0.2) is 10.7 Å². The van der Waals surface area contributed by atoms with Crippen molar-refractivity contribution in [2.45, 2.75) is 19.2 Å². The van der Waals surface area contributed by atoms with E-state index in [0.29, 0.717) is 0 Å². The van der Waals surface area contributed by atoms with E-state index in [1.54, 1.807) is 0 Å². The number of nitrogens with one attached hydrogen (secondary N) is 1. The van der Waals surface area contributed by atoms with E-state index >= 15 is 0 Å². The standard InChI is InChI=1S/C9H6BrF3N2O2/c1-3-7(16)14-5-2-4(9(11,12)13)6(10)15-8(5)17-3/h2-3H,1H3,(H,14,16)/t3-/m1/s1. The molecule has 2 heterocycles.